The summed E-state index contributed by atoms with van der Waals surface area (Å²) in [6.45, 7) is 6.55. The average Bonchev–Trinajstić information content (AvgIpc) is 2.96. The van der Waals surface area contributed by atoms with Crippen LogP contribution in [0.3, 0.4) is 0 Å². The Hall–Kier alpha value is -2.60. The van der Waals surface area contributed by atoms with Crippen LogP contribution in [0.2, 0.25) is 5.02 Å². The van der Waals surface area contributed by atoms with E-state index in [1.807, 2.05) is 43.5 Å². The maximum atomic E-state index is 10.8. The van der Waals surface area contributed by atoms with Crippen LogP contribution >= 0.6 is 11.6 Å². The maximum Gasteiger partial charge on any atom is 0.269 e. The molecule has 0 fully saturated rings. The van der Waals surface area contributed by atoms with Crippen molar-refractivity contribution < 1.29 is 9.66 Å². The number of hydrogen-bond acceptors (Lipinski definition) is 4. The zero-order valence-corrected chi connectivity index (χ0v) is 14.9. The number of nitro groups is 1. The molecule has 1 aromatic heterocycles. The van der Waals surface area contributed by atoms with Crippen molar-refractivity contribution in [2.45, 2.75) is 32.9 Å². The Labute approximate surface area is 150 Å². The average molecular weight is 360 g/mol. The van der Waals surface area contributed by atoms with E-state index in [1.54, 1.807) is 12.1 Å². The van der Waals surface area contributed by atoms with E-state index in [9.17, 15) is 10.1 Å². The molecule has 0 unspecified atom stereocenters. The van der Waals surface area contributed by atoms with Crippen LogP contribution in [0.15, 0.2) is 42.5 Å². The Morgan fingerprint density at radius 2 is 1.92 bits per heavy atom. The second-order valence-corrected chi connectivity index (χ2v) is 6.56. The van der Waals surface area contributed by atoms with Gasteiger partial charge in [-0.3, -0.25) is 10.1 Å². The van der Waals surface area contributed by atoms with Gasteiger partial charge < -0.3 is 9.30 Å². The third-order valence-electron chi connectivity index (χ3n) is 3.99. The molecule has 0 aliphatic rings. The topological polar surface area (TPSA) is 70.2 Å². The molecule has 0 spiro atoms. The number of halogens is 1. The van der Waals surface area contributed by atoms with Crippen molar-refractivity contribution in [1.82, 2.24) is 9.55 Å². The summed E-state index contributed by atoms with van der Waals surface area (Å²) in [6, 6.07) is 11.6. The SMILES string of the molecule is CCn1c(C(C)(C)Oc2ccc([N+](=O)[O-])cc2)nc2cccc(Cl)c21. The molecule has 2 aromatic carbocycles. The van der Waals surface area contributed by atoms with Crippen LogP contribution < -0.4 is 4.74 Å². The van der Waals surface area contributed by atoms with Crippen LogP contribution in [0.5, 0.6) is 5.75 Å². The fourth-order valence-electron chi connectivity index (χ4n) is 2.89. The zero-order chi connectivity index (χ0) is 18.2. The van der Waals surface area contributed by atoms with Crippen molar-refractivity contribution in [3.63, 3.8) is 0 Å². The first kappa shape index (κ1) is 17.2. The highest BCUT2D eigenvalue weighted by atomic mass is 35.5. The molecular formula is C18H18ClN3O3. The van der Waals surface area contributed by atoms with Gasteiger partial charge in [-0.05, 0) is 45.0 Å². The summed E-state index contributed by atoms with van der Waals surface area (Å²) >= 11 is 6.35. The van der Waals surface area contributed by atoms with Gasteiger partial charge in [0.2, 0.25) is 0 Å². The molecule has 0 aliphatic carbocycles. The fraction of sp³-hybridized carbons (Fsp3) is 0.278. The fourth-order valence-corrected chi connectivity index (χ4v) is 3.16. The van der Waals surface area contributed by atoms with E-state index >= 15 is 0 Å². The molecule has 0 radical (unpaired) electrons. The first-order chi connectivity index (χ1) is 11.8. The van der Waals surface area contributed by atoms with Crippen molar-refractivity contribution in [2.75, 3.05) is 0 Å². The van der Waals surface area contributed by atoms with Crippen LogP contribution in [-0.4, -0.2) is 14.5 Å². The first-order valence-electron chi connectivity index (χ1n) is 7.92. The number of non-ortho nitro benzene ring substituents is 1. The van der Waals surface area contributed by atoms with Gasteiger partial charge in [0.25, 0.3) is 5.69 Å². The molecule has 0 amide bonds. The lowest BCUT2D eigenvalue weighted by atomic mass is 10.1. The number of nitro benzene ring substituents is 1. The van der Waals surface area contributed by atoms with E-state index in [4.69, 9.17) is 21.3 Å². The minimum atomic E-state index is -0.742. The number of nitrogens with zero attached hydrogens (tertiary/aromatic N) is 3. The molecule has 3 aromatic rings. The molecule has 25 heavy (non-hydrogen) atoms. The number of aryl methyl sites for hydroxylation is 1. The molecule has 0 saturated heterocycles. The summed E-state index contributed by atoms with van der Waals surface area (Å²) in [5.41, 5.74) is 0.971. The van der Waals surface area contributed by atoms with E-state index < -0.39 is 10.5 Å². The van der Waals surface area contributed by atoms with Crippen molar-refractivity contribution in [3.05, 3.63) is 63.4 Å². The van der Waals surface area contributed by atoms with E-state index in [0.717, 1.165) is 16.9 Å². The Morgan fingerprint density at radius 1 is 1.24 bits per heavy atom. The Bertz CT molecular complexity index is 933. The summed E-state index contributed by atoms with van der Waals surface area (Å²) in [4.78, 5) is 15.0. The van der Waals surface area contributed by atoms with E-state index in [-0.39, 0.29) is 5.69 Å². The predicted octanol–water partition coefficient (Wildman–Crippen LogP) is 4.93. The number of ether oxygens (including phenoxy) is 1. The quantitative estimate of drug-likeness (QED) is 0.478. The van der Waals surface area contributed by atoms with Gasteiger partial charge in [0.15, 0.2) is 11.4 Å². The number of hydrogen-bond donors (Lipinski definition) is 0. The summed E-state index contributed by atoms with van der Waals surface area (Å²) < 4.78 is 8.12. The molecule has 0 atom stereocenters. The summed E-state index contributed by atoms with van der Waals surface area (Å²) in [5.74, 6) is 1.29. The van der Waals surface area contributed by atoms with Gasteiger partial charge in [-0.1, -0.05) is 17.7 Å². The molecule has 0 aliphatic heterocycles. The molecule has 0 bridgehead atoms. The van der Waals surface area contributed by atoms with Crippen LogP contribution in [0, 0.1) is 10.1 Å². The molecule has 6 nitrogen and oxygen atoms in total. The third-order valence-corrected chi connectivity index (χ3v) is 4.30. The Morgan fingerprint density at radius 3 is 2.52 bits per heavy atom. The highest BCUT2D eigenvalue weighted by molar-refractivity contribution is 6.35. The van der Waals surface area contributed by atoms with Crippen LogP contribution in [-0.2, 0) is 12.1 Å². The molecule has 7 heteroatoms. The van der Waals surface area contributed by atoms with Gasteiger partial charge in [0.05, 0.1) is 21.0 Å². The van der Waals surface area contributed by atoms with E-state index in [0.29, 0.717) is 17.3 Å². The third kappa shape index (κ3) is 3.17. The standard InChI is InChI=1S/C18H18ClN3O3/c1-4-21-16-14(19)6-5-7-15(16)20-17(21)18(2,3)25-13-10-8-12(9-11-13)22(23)24/h5-11H,4H2,1-3H3. The minimum absolute atomic E-state index is 0.0257. The lowest BCUT2D eigenvalue weighted by Crippen LogP contribution is -2.29. The highest BCUT2D eigenvalue weighted by Crippen LogP contribution is 2.33. The molecule has 1 heterocycles. The minimum Gasteiger partial charge on any atom is -0.480 e. The predicted molar refractivity (Wildman–Crippen MR) is 97.2 cm³/mol. The maximum absolute atomic E-state index is 10.8. The smallest absolute Gasteiger partial charge is 0.269 e. The second kappa shape index (κ2) is 6.37. The van der Waals surface area contributed by atoms with Crippen molar-refractivity contribution in [1.29, 1.82) is 0 Å². The van der Waals surface area contributed by atoms with Crippen molar-refractivity contribution >= 4 is 28.3 Å². The summed E-state index contributed by atoms with van der Waals surface area (Å²) in [7, 11) is 0. The van der Waals surface area contributed by atoms with Gasteiger partial charge in [0, 0.05) is 18.7 Å². The van der Waals surface area contributed by atoms with Gasteiger partial charge in [-0.15, -0.1) is 0 Å². The summed E-state index contributed by atoms with van der Waals surface area (Å²) in [6.07, 6.45) is 0. The Balaban J connectivity index is 2.00. The van der Waals surface area contributed by atoms with Crippen LogP contribution in [0.25, 0.3) is 11.0 Å². The molecule has 0 saturated carbocycles. The Kier molecular flexibility index (Phi) is 4.39. The molecular weight excluding hydrogens is 342 g/mol. The van der Waals surface area contributed by atoms with Gasteiger partial charge in [-0.2, -0.15) is 0 Å². The first-order valence-corrected chi connectivity index (χ1v) is 8.30. The van der Waals surface area contributed by atoms with Gasteiger partial charge in [-0.25, -0.2) is 4.98 Å². The number of aromatic nitrogens is 2. The largest absolute Gasteiger partial charge is 0.480 e. The number of imidazole rings is 1. The van der Waals surface area contributed by atoms with Gasteiger partial charge >= 0.3 is 0 Å². The van der Waals surface area contributed by atoms with Crippen molar-refractivity contribution in [3.8, 4) is 5.75 Å². The molecule has 3 rings (SSSR count). The zero-order valence-electron chi connectivity index (χ0n) is 14.2. The molecule has 0 N–H and O–H groups in total. The van der Waals surface area contributed by atoms with Crippen molar-refractivity contribution in [2.24, 2.45) is 0 Å². The van der Waals surface area contributed by atoms with E-state index in [2.05, 4.69) is 0 Å². The lowest BCUT2D eigenvalue weighted by Gasteiger charge is -2.26. The van der Waals surface area contributed by atoms with Gasteiger partial charge in [0.1, 0.15) is 5.75 Å². The number of para-hydroxylation sites is 1. The van der Waals surface area contributed by atoms with Crippen LogP contribution in [0.4, 0.5) is 5.69 Å². The highest BCUT2D eigenvalue weighted by Gasteiger charge is 2.30. The number of rotatable bonds is 5. The lowest BCUT2D eigenvalue weighted by molar-refractivity contribution is -0.384. The monoisotopic (exact) mass is 359 g/mol. The summed E-state index contributed by atoms with van der Waals surface area (Å²) in [5, 5.41) is 11.4. The number of fused-ring (bicyclic) bond motifs is 1. The van der Waals surface area contributed by atoms with E-state index in [1.165, 1.54) is 12.1 Å². The number of benzene rings is 2. The second-order valence-electron chi connectivity index (χ2n) is 6.15. The molecule has 130 valence electrons. The van der Waals surface area contributed by atoms with Crippen LogP contribution in [0.1, 0.15) is 26.6 Å². The normalized spacial score (nSPS) is 11.7.